The van der Waals surface area contributed by atoms with Gasteiger partial charge in [0.25, 0.3) is 5.72 Å². The van der Waals surface area contributed by atoms with E-state index in [4.69, 9.17) is 4.74 Å². The zero-order valence-corrected chi connectivity index (χ0v) is 7.42. The second-order valence-electron chi connectivity index (χ2n) is 3.26. The SMILES string of the molecule is C1=CC2(C=Cc3ccccc3O2)N=N1. The summed E-state index contributed by atoms with van der Waals surface area (Å²) in [4.78, 5) is 0. The summed E-state index contributed by atoms with van der Waals surface area (Å²) in [5.74, 6) is 0.848. The summed E-state index contributed by atoms with van der Waals surface area (Å²) in [5, 5.41) is 7.83. The van der Waals surface area contributed by atoms with Crippen LogP contribution in [0.4, 0.5) is 0 Å². The van der Waals surface area contributed by atoms with E-state index in [2.05, 4.69) is 10.2 Å². The molecule has 3 nitrogen and oxygen atoms in total. The molecule has 1 unspecified atom stereocenters. The van der Waals surface area contributed by atoms with E-state index in [-0.39, 0.29) is 0 Å². The van der Waals surface area contributed by atoms with Crippen LogP contribution in [0.1, 0.15) is 5.56 Å². The third kappa shape index (κ3) is 0.988. The van der Waals surface area contributed by atoms with Gasteiger partial charge in [-0.05, 0) is 18.2 Å². The number of fused-ring (bicyclic) bond motifs is 1. The molecule has 2 heterocycles. The Hall–Kier alpha value is -1.90. The molecule has 3 heteroatoms. The average Bonchev–Trinajstić information content (AvgIpc) is 2.66. The summed E-state index contributed by atoms with van der Waals surface area (Å²) in [5.41, 5.74) is 0.391. The zero-order valence-electron chi connectivity index (χ0n) is 7.42. The molecular formula is C11H8N2O. The minimum absolute atomic E-state index is 0.686. The first kappa shape index (κ1) is 7.50. The minimum Gasteiger partial charge on any atom is -0.457 e. The van der Waals surface area contributed by atoms with Crippen LogP contribution in [0.2, 0.25) is 0 Å². The van der Waals surface area contributed by atoms with Crippen LogP contribution in [0.5, 0.6) is 5.75 Å². The van der Waals surface area contributed by atoms with Crippen LogP contribution in [0.3, 0.4) is 0 Å². The number of ether oxygens (including phenoxy) is 1. The number of rotatable bonds is 0. The van der Waals surface area contributed by atoms with Gasteiger partial charge in [0.05, 0.1) is 6.20 Å². The Morgan fingerprint density at radius 3 is 2.93 bits per heavy atom. The van der Waals surface area contributed by atoms with Gasteiger partial charge in [-0.1, -0.05) is 18.2 Å². The molecule has 0 saturated heterocycles. The first-order valence-electron chi connectivity index (χ1n) is 4.45. The van der Waals surface area contributed by atoms with Crippen molar-refractivity contribution < 1.29 is 4.74 Å². The Bertz CT molecular complexity index is 448. The highest BCUT2D eigenvalue weighted by molar-refractivity contribution is 5.61. The van der Waals surface area contributed by atoms with Gasteiger partial charge in [-0.2, -0.15) is 5.11 Å². The lowest BCUT2D eigenvalue weighted by Gasteiger charge is -2.25. The van der Waals surface area contributed by atoms with E-state index in [1.54, 1.807) is 6.20 Å². The normalized spacial score (nSPS) is 26.6. The summed E-state index contributed by atoms with van der Waals surface area (Å²) < 4.78 is 5.75. The van der Waals surface area contributed by atoms with Gasteiger partial charge in [0.2, 0.25) is 0 Å². The number of hydrogen-bond acceptors (Lipinski definition) is 3. The lowest BCUT2D eigenvalue weighted by molar-refractivity contribution is 0.176. The highest BCUT2D eigenvalue weighted by atomic mass is 16.5. The fourth-order valence-electron chi connectivity index (χ4n) is 1.57. The molecule has 0 fully saturated rings. The fraction of sp³-hybridized carbons (Fsp3) is 0.0909. The second-order valence-corrected chi connectivity index (χ2v) is 3.26. The topological polar surface area (TPSA) is 34.0 Å². The van der Waals surface area contributed by atoms with E-state index in [1.807, 2.05) is 42.5 Å². The Morgan fingerprint density at radius 2 is 2.07 bits per heavy atom. The van der Waals surface area contributed by atoms with Gasteiger partial charge in [0.1, 0.15) is 5.75 Å². The summed E-state index contributed by atoms with van der Waals surface area (Å²) >= 11 is 0. The average molecular weight is 184 g/mol. The Labute approximate surface area is 81.4 Å². The molecule has 1 aromatic carbocycles. The third-order valence-corrected chi connectivity index (χ3v) is 2.29. The molecule has 0 saturated carbocycles. The highest BCUT2D eigenvalue weighted by Gasteiger charge is 2.31. The van der Waals surface area contributed by atoms with Crippen molar-refractivity contribution in [2.45, 2.75) is 5.72 Å². The molecule has 1 spiro atoms. The maximum Gasteiger partial charge on any atom is 0.259 e. The molecule has 0 aliphatic carbocycles. The molecule has 0 radical (unpaired) electrons. The number of nitrogens with zero attached hydrogens (tertiary/aromatic N) is 2. The molecule has 0 amide bonds. The van der Waals surface area contributed by atoms with Gasteiger partial charge in [0.15, 0.2) is 0 Å². The van der Waals surface area contributed by atoms with Crippen molar-refractivity contribution in [2.24, 2.45) is 10.2 Å². The van der Waals surface area contributed by atoms with Gasteiger partial charge in [0, 0.05) is 11.6 Å². The monoisotopic (exact) mass is 184 g/mol. The van der Waals surface area contributed by atoms with E-state index in [0.717, 1.165) is 11.3 Å². The highest BCUT2D eigenvalue weighted by Crippen LogP contribution is 2.34. The Kier molecular flexibility index (Phi) is 1.36. The number of para-hydroxylation sites is 1. The van der Waals surface area contributed by atoms with E-state index < -0.39 is 5.72 Å². The molecule has 2 aliphatic heterocycles. The maximum atomic E-state index is 5.75. The van der Waals surface area contributed by atoms with Gasteiger partial charge in [-0.25, -0.2) is 0 Å². The standard InChI is InChI=1S/C11H8N2O/c1-2-4-10-9(3-1)5-6-11(14-10)7-8-12-13-11/h1-8H. The predicted molar refractivity (Wildman–Crippen MR) is 52.8 cm³/mol. The van der Waals surface area contributed by atoms with Gasteiger partial charge in [-0.15, -0.1) is 5.11 Å². The van der Waals surface area contributed by atoms with Crippen LogP contribution >= 0.6 is 0 Å². The van der Waals surface area contributed by atoms with Crippen molar-refractivity contribution in [2.75, 3.05) is 0 Å². The van der Waals surface area contributed by atoms with Gasteiger partial charge in [-0.3, -0.25) is 0 Å². The Balaban J connectivity index is 2.09. The van der Waals surface area contributed by atoms with Crippen LogP contribution in [0.25, 0.3) is 6.08 Å². The first-order chi connectivity index (χ1) is 6.88. The van der Waals surface area contributed by atoms with Gasteiger partial charge < -0.3 is 4.74 Å². The molecule has 0 N–H and O–H groups in total. The minimum atomic E-state index is -0.686. The first-order valence-corrected chi connectivity index (χ1v) is 4.45. The van der Waals surface area contributed by atoms with E-state index in [9.17, 15) is 0 Å². The summed E-state index contributed by atoms with van der Waals surface area (Å²) in [7, 11) is 0. The predicted octanol–water partition coefficient (Wildman–Crippen LogP) is 2.77. The molecule has 68 valence electrons. The molecular weight excluding hydrogens is 176 g/mol. The van der Waals surface area contributed by atoms with Crippen molar-refractivity contribution in [3.63, 3.8) is 0 Å². The molecule has 3 rings (SSSR count). The largest absolute Gasteiger partial charge is 0.457 e. The molecule has 0 aromatic heterocycles. The second kappa shape index (κ2) is 2.54. The number of benzene rings is 1. The van der Waals surface area contributed by atoms with Crippen molar-refractivity contribution in [3.05, 3.63) is 48.2 Å². The van der Waals surface area contributed by atoms with Crippen LogP contribution in [0.15, 0.2) is 52.8 Å². The summed E-state index contributed by atoms with van der Waals surface area (Å²) in [6.07, 6.45) is 7.40. The van der Waals surface area contributed by atoms with Crippen LogP contribution in [0, 0.1) is 0 Å². The van der Waals surface area contributed by atoms with E-state index in [1.165, 1.54) is 0 Å². The molecule has 14 heavy (non-hydrogen) atoms. The van der Waals surface area contributed by atoms with Crippen LogP contribution in [-0.4, -0.2) is 5.72 Å². The molecule has 0 bridgehead atoms. The lowest BCUT2D eigenvalue weighted by Crippen LogP contribution is -2.29. The summed E-state index contributed by atoms with van der Waals surface area (Å²) in [6.45, 7) is 0. The quantitative estimate of drug-likeness (QED) is 0.610. The molecule has 1 aromatic rings. The third-order valence-electron chi connectivity index (χ3n) is 2.29. The fourth-order valence-corrected chi connectivity index (χ4v) is 1.57. The zero-order chi connectivity index (χ0) is 9.43. The van der Waals surface area contributed by atoms with Crippen molar-refractivity contribution in [3.8, 4) is 5.75 Å². The smallest absolute Gasteiger partial charge is 0.259 e. The molecule has 1 atom stereocenters. The van der Waals surface area contributed by atoms with Crippen LogP contribution < -0.4 is 4.74 Å². The number of azo groups is 1. The van der Waals surface area contributed by atoms with Crippen molar-refractivity contribution >= 4 is 6.08 Å². The lowest BCUT2D eigenvalue weighted by atomic mass is 10.1. The van der Waals surface area contributed by atoms with Gasteiger partial charge >= 0.3 is 0 Å². The Morgan fingerprint density at radius 1 is 1.14 bits per heavy atom. The maximum absolute atomic E-state index is 5.75. The molecule has 2 aliphatic rings. The van der Waals surface area contributed by atoms with E-state index >= 15 is 0 Å². The van der Waals surface area contributed by atoms with E-state index in [0.29, 0.717) is 0 Å². The van der Waals surface area contributed by atoms with Crippen molar-refractivity contribution in [1.29, 1.82) is 0 Å². The number of hydrogen-bond donors (Lipinski definition) is 0. The van der Waals surface area contributed by atoms with Crippen LogP contribution in [-0.2, 0) is 0 Å². The van der Waals surface area contributed by atoms with Crippen molar-refractivity contribution in [1.82, 2.24) is 0 Å². The summed E-state index contributed by atoms with van der Waals surface area (Å²) in [6, 6.07) is 7.87.